The SMILES string of the molecule is CN(C)CCCn1c(=N)n(CC(O)c2ccc(Br)cc2)c2ccccc21.Cl.Cl. The van der Waals surface area contributed by atoms with Gasteiger partial charge in [0, 0.05) is 11.0 Å². The van der Waals surface area contributed by atoms with Gasteiger partial charge in [-0.15, -0.1) is 24.8 Å². The molecular formula is C20H27BrCl2N4O. The number of nitrogens with one attached hydrogen (secondary N) is 1. The molecule has 0 spiro atoms. The normalized spacial score (nSPS) is 11.9. The number of imidazole rings is 1. The van der Waals surface area contributed by atoms with Crippen molar-refractivity contribution in [2.45, 2.75) is 25.6 Å². The van der Waals surface area contributed by atoms with Crippen molar-refractivity contribution in [1.82, 2.24) is 14.0 Å². The van der Waals surface area contributed by atoms with Crippen LogP contribution in [0, 0.1) is 5.41 Å². The van der Waals surface area contributed by atoms with Gasteiger partial charge < -0.3 is 19.1 Å². The van der Waals surface area contributed by atoms with E-state index in [1.54, 1.807) is 0 Å². The van der Waals surface area contributed by atoms with E-state index in [4.69, 9.17) is 5.41 Å². The van der Waals surface area contributed by atoms with Crippen LogP contribution in [-0.4, -0.2) is 39.8 Å². The van der Waals surface area contributed by atoms with Crippen molar-refractivity contribution in [3.8, 4) is 0 Å². The summed E-state index contributed by atoms with van der Waals surface area (Å²) in [5, 5.41) is 19.3. The second kappa shape index (κ2) is 11.0. The van der Waals surface area contributed by atoms with Gasteiger partial charge in [-0.3, -0.25) is 5.41 Å². The minimum absolute atomic E-state index is 0. The highest BCUT2D eigenvalue weighted by atomic mass is 79.9. The van der Waals surface area contributed by atoms with Crippen LogP contribution >= 0.6 is 40.7 Å². The minimum Gasteiger partial charge on any atom is -0.387 e. The molecule has 0 aliphatic carbocycles. The predicted molar refractivity (Wildman–Crippen MR) is 123 cm³/mol. The fraction of sp³-hybridized carbons (Fsp3) is 0.350. The maximum absolute atomic E-state index is 10.7. The molecule has 2 N–H and O–H groups in total. The summed E-state index contributed by atoms with van der Waals surface area (Å²) in [5.74, 6) is 0. The molecule has 1 unspecified atom stereocenters. The molecule has 154 valence electrons. The third kappa shape index (κ3) is 5.61. The summed E-state index contributed by atoms with van der Waals surface area (Å²) >= 11 is 3.42. The highest BCUT2D eigenvalue weighted by Crippen LogP contribution is 2.20. The average Bonchev–Trinajstić information content (AvgIpc) is 2.88. The fourth-order valence-electron chi connectivity index (χ4n) is 3.21. The van der Waals surface area contributed by atoms with Crippen molar-refractivity contribution < 1.29 is 5.11 Å². The number of rotatable bonds is 7. The van der Waals surface area contributed by atoms with Gasteiger partial charge in [0.05, 0.1) is 23.7 Å². The van der Waals surface area contributed by atoms with Crippen LogP contribution in [0.2, 0.25) is 0 Å². The number of nitrogens with zero attached hydrogens (tertiary/aromatic N) is 3. The number of para-hydroxylation sites is 2. The number of aryl methyl sites for hydroxylation is 1. The van der Waals surface area contributed by atoms with Gasteiger partial charge in [0.25, 0.3) is 0 Å². The molecule has 0 saturated heterocycles. The zero-order valence-electron chi connectivity index (χ0n) is 16.0. The molecule has 2 aromatic carbocycles. The third-order valence-corrected chi connectivity index (χ3v) is 5.10. The van der Waals surface area contributed by atoms with Gasteiger partial charge in [0.1, 0.15) is 0 Å². The zero-order chi connectivity index (χ0) is 18.7. The lowest BCUT2D eigenvalue weighted by molar-refractivity contribution is 0.155. The summed E-state index contributed by atoms with van der Waals surface area (Å²) in [6.45, 7) is 2.13. The molecule has 0 radical (unpaired) electrons. The van der Waals surface area contributed by atoms with Crippen LogP contribution in [0.3, 0.4) is 0 Å². The van der Waals surface area contributed by atoms with Crippen LogP contribution in [0.4, 0.5) is 0 Å². The summed E-state index contributed by atoms with van der Waals surface area (Å²) in [5.41, 5.74) is 3.31. The van der Waals surface area contributed by atoms with Gasteiger partial charge in [-0.2, -0.15) is 0 Å². The lowest BCUT2D eigenvalue weighted by Crippen LogP contribution is -2.27. The molecule has 0 aliphatic rings. The number of aliphatic hydroxyl groups is 1. The van der Waals surface area contributed by atoms with Crippen LogP contribution in [-0.2, 0) is 13.1 Å². The second-order valence-corrected chi connectivity index (χ2v) is 7.71. The number of halogens is 3. The number of hydrogen-bond acceptors (Lipinski definition) is 3. The largest absolute Gasteiger partial charge is 0.387 e. The van der Waals surface area contributed by atoms with Gasteiger partial charge in [0.15, 0.2) is 0 Å². The summed E-state index contributed by atoms with van der Waals surface area (Å²) < 4.78 is 4.92. The van der Waals surface area contributed by atoms with Crippen LogP contribution in [0.25, 0.3) is 11.0 Å². The van der Waals surface area contributed by atoms with E-state index in [2.05, 4.69) is 34.9 Å². The Bertz CT molecular complexity index is 938. The van der Waals surface area contributed by atoms with Gasteiger partial charge >= 0.3 is 0 Å². The highest BCUT2D eigenvalue weighted by Gasteiger charge is 2.15. The smallest absolute Gasteiger partial charge is 0.203 e. The monoisotopic (exact) mass is 488 g/mol. The number of fused-ring (bicyclic) bond motifs is 1. The second-order valence-electron chi connectivity index (χ2n) is 6.80. The number of aliphatic hydroxyl groups excluding tert-OH is 1. The lowest BCUT2D eigenvalue weighted by atomic mass is 10.1. The van der Waals surface area contributed by atoms with E-state index < -0.39 is 6.10 Å². The van der Waals surface area contributed by atoms with E-state index in [0.29, 0.717) is 12.2 Å². The first-order valence-electron chi connectivity index (χ1n) is 8.78. The standard InChI is InChI=1S/C20H25BrN4O.2ClH/c1-23(2)12-5-13-24-17-6-3-4-7-18(17)25(20(24)22)14-19(26)15-8-10-16(21)11-9-15;;/h3-4,6-11,19,22,26H,5,12-14H2,1-2H3;2*1H. The molecule has 0 fully saturated rings. The van der Waals surface area contributed by atoms with Crippen molar-refractivity contribution in [3.05, 3.63) is 64.2 Å². The fourth-order valence-corrected chi connectivity index (χ4v) is 3.48. The van der Waals surface area contributed by atoms with Crippen molar-refractivity contribution in [1.29, 1.82) is 5.41 Å². The Morgan fingerprint density at radius 2 is 1.57 bits per heavy atom. The van der Waals surface area contributed by atoms with Crippen LogP contribution in [0.15, 0.2) is 53.0 Å². The zero-order valence-corrected chi connectivity index (χ0v) is 19.2. The Balaban J connectivity index is 0.00000196. The maximum atomic E-state index is 10.7. The highest BCUT2D eigenvalue weighted by molar-refractivity contribution is 9.10. The molecule has 5 nitrogen and oxygen atoms in total. The van der Waals surface area contributed by atoms with Crippen molar-refractivity contribution in [3.63, 3.8) is 0 Å². The van der Waals surface area contributed by atoms with Gasteiger partial charge in [0.2, 0.25) is 5.62 Å². The van der Waals surface area contributed by atoms with E-state index >= 15 is 0 Å². The Hall–Kier alpha value is -1.31. The number of aromatic nitrogens is 2. The van der Waals surface area contributed by atoms with E-state index in [9.17, 15) is 5.11 Å². The summed E-state index contributed by atoms with van der Waals surface area (Å²) in [6, 6.07) is 15.7. The lowest BCUT2D eigenvalue weighted by Gasteiger charge is -2.13. The molecule has 8 heteroatoms. The van der Waals surface area contributed by atoms with Crippen LogP contribution in [0.5, 0.6) is 0 Å². The van der Waals surface area contributed by atoms with Crippen molar-refractivity contribution in [2.24, 2.45) is 0 Å². The van der Waals surface area contributed by atoms with E-state index in [-0.39, 0.29) is 24.8 Å². The average molecular weight is 490 g/mol. The maximum Gasteiger partial charge on any atom is 0.203 e. The van der Waals surface area contributed by atoms with E-state index in [0.717, 1.165) is 40.6 Å². The van der Waals surface area contributed by atoms with Crippen molar-refractivity contribution in [2.75, 3.05) is 20.6 Å². The molecule has 0 aliphatic heterocycles. The number of hydrogen-bond donors (Lipinski definition) is 2. The van der Waals surface area contributed by atoms with E-state index in [1.807, 2.05) is 57.7 Å². The molecule has 28 heavy (non-hydrogen) atoms. The molecule has 0 bridgehead atoms. The molecule has 1 heterocycles. The summed E-state index contributed by atoms with van der Waals surface area (Å²) in [7, 11) is 4.12. The van der Waals surface area contributed by atoms with E-state index in [1.165, 1.54) is 0 Å². The molecular weight excluding hydrogens is 463 g/mol. The predicted octanol–water partition coefficient (Wildman–Crippen LogP) is 4.21. The number of benzene rings is 2. The Kier molecular flexibility index (Phi) is 9.74. The Morgan fingerprint density at radius 3 is 2.14 bits per heavy atom. The summed E-state index contributed by atoms with van der Waals surface area (Å²) in [6.07, 6.45) is 0.325. The first-order valence-corrected chi connectivity index (χ1v) is 9.57. The molecule has 1 aromatic heterocycles. The van der Waals surface area contributed by atoms with Crippen molar-refractivity contribution >= 4 is 51.8 Å². The molecule has 3 rings (SSSR count). The molecule has 1 atom stereocenters. The topological polar surface area (TPSA) is 57.2 Å². The summed E-state index contributed by atoms with van der Waals surface area (Å²) in [4.78, 5) is 2.15. The quantitative estimate of drug-likeness (QED) is 0.522. The molecule has 0 amide bonds. The Labute approximate surface area is 186 Å². The molecule has 0 saturated carbocycles. The van der Waals surface area contributed by atoms with Gasteiger partial charge in [-0.1, -0.05) is 40.2 Å². The minimum atomic E-state index is -0.654. The third-order valence-electron chi connectivity index (χ3n) is 4.57. The van der Waals surface area contributed by atoms with Gasteiger partial charge in [-0.25, -0.2) is 0 Å². The first-order chi connectivity index (χ1) is 12.5. The molecule has 3 aromatic rings. The van der Waals surface area contributed by atoms with Crippen LogP contribution in [0.1, 0.15) is 18.1 Å². The van der Waals surface area contributed by atoms with Gasteiger partial charge in [-0.05, 0) is 56.9 Å². The van der Waals surface area contributed by atoms with Crippen LogP contribution < -0.4 is 5.62 Å². The Morgan fingerprint density at radius 1 is 1.00 bits per heavy atom. The first kappa shape index (κ1) is 24.7.